The standard InChI is InChI=1S/C27H32N2O5S/c1-3-16-34-25-11-8-20(17-26(25)33-2)19-28-27(30)22-12-14-29(15-13-22)35(31,32)24-10-9-21-6-4-5-7-23(21)18-24/h4-11,17-18,22H,3,12-16,19H2,1-2H3,(H,28,30). The largest absolute Gasteiger partial charge is 0.493 e. The average molecular weight is 497 g/mol. The number of piperidine rings is 1. The molecule has 35 heavy (non-hydrogen) atoms. The summed E-state index contributed by atoms with van der Waals surface area (Å²) >= 11 is 0. The first-order valence-electron chi connectivity index (χ1n) is 12.0. The van der Waals surface area contributed by atoms with Crippen molar-refractivity contribution in [1.29, 1.82) is 0 Å². The second-order valence-corrected chi connectivity index (χ2v) is 10.7. The van der Waals surface area contributed by atoms with E-state index in [1.165, 1.54) is 4.31 Å². The van der Waals surface area contributed by atoms with Gasteiger partial charge in [0, 0.05) is 25.6 Å². The number of carbonyl (C=O) groups is 1. The molecular weight excluding hydrogens is 464 g/mol. The lowest BCUT2D eigenvalue weighted by molar-refractivity contribution is -0.126. The van der Waals surface area contributed by atoms with Gasteiger partial charge in [0.25, 0.3) is 0 Å². The van der Waals surface area contributed by atoms with Gasteiger partial charge in [-0.3, -0.25) is 4.79 Å². The third kappa shape index (κ3) is 5.77. The highest BCUT2D eigenvalue weighted by molar-refractivity contribution is 7.89. The van der Waals surface area contributed by atoms with Crippen LogP contribution in [0, 0.1) is 5.92 Å². The van der Waals surface area contributed by atoms with Gasteiger partial charge in [-0.05, 0) is 59.9 Å². The zero-order valence-corrected chi connectivity index (χ0v) is 21.0. The quantitative estimate of drug-likeness (QED) is 0.476. The second kappa shape index (κ2) is 11.1. The Balaban J connectivity index is 1.33. The van der Waals surface area contributed by atoms with Crippen molar-refractivity contribution < 1.29 is 22.7 Å². The minimum atomic E-state index is -3.60. The van der Waals surface area contributed by atoms with Gasteiger partial charge in [-0.15, -0.1) is 0 Å². The summed E-state index contributed by atoms with van der Waals surface area (Å²) in [6.07, 6.45) is 1.89. The van der Waals surface area contributed by atoms with E-state index in [1.54, 1.807) is 19.2 Å². The molecule has 1 aliphatic heterocycles. The molecule has 4 rings (SSSR count). The van der Waals surface area contributed by atoms with Crippen molar-refractivity contribution in [2.24, 2.45) is 5.92 Å². The Morgan fingerprint density at radius 3 is 2.46 bits per heavy atom. The first-order valence-corrected chi connectivity index (χ1v) is 13.4. The van der Waals surface area contributed by atoms with E-state index in [2.05, 4.69) is 5.32 Å². The Kier molecular flexibility index (Phi) is 7.93. The summed E-state index contributed by atoms with van der Waals surface area (Å²) in [6, 6.07) is 18.5. The zero-order valence-electron chi connectivity index (χ0n) is 20.2. The van der Waals surface area contributed by atoms with Crippen LogP contribution in [0.2, 0.25) is 0 Å². The van der Waals surface area contributed by atoms with Crippen LogP contribution in [0.1, 0.15) is 31.7 Å². The van der Waals surface area contributed by atoms with E-state index < -0.39 is 10.0 Å². The summed E-state index contributed by atoms with van der Waals surface area (Å²) in [6.45, 7) is 3.68. The van der Waals surface area contributed by atoms with Gasteiger partial charge in [0.1, 0.15) is 0 Å². The Hall–Kier alpha value is -3.10. The minimum absolute atomic E-state index is 0.0574. The lowest BCUT2D eigenvalue weighted by Gasteiger charge is -2.30. The molecule has 0 aliphatic carbocycles. The van der Waals surface area contributed by atoms with E-state index >= 15 is 0 Å². The van der Waals surface area contributed by atoms with E-state index in [0.29, 0.717) is 55.5 Å². The third-order valence-electron chi connectivity index (χ3n) is 6.34. The first kappa shape index (κ1) is 25.0. The number of hydrogen-bond acceptors (Lipinski definition) is 5. The predicted molar refractivity (Wildman–Crippen MR) is 136 cm³/mol. The maximum atomic E-state index is 13.2. The van der Waals surface area contributed by atoms with Crippen molar-refractivity contribution in [1.82, 2.24) is 9.62 Å². The summed E-state index contributed by atoms with van der Waals surface area (Å²) < 4.78 is 38.9. The van der Waals surface area contributed by atoms with E-state index in [0.717, 1.165) is 22.8 Å². The Labute approximate surface area is 207 Å². The minimum Gasteiger partial charge on any atom is -0.493 e. The number of benzene rings is 3. The molecule has 7 nitrogen and oxygen atoms in total. The summed E-state index contributed by atoms with van der Waals surface area (Å²) in [7, 11) is -2.01. The fraction of sp³-hybridized carbons (Fsp3) is 0.370. The highest BCUT2D eigenvalue weighted by Crippen LogP contribution is 2.29. The predicted octanol–water partition coefficient (Wildman–Crippen LogP) is 4.35. The number of fused-ring (bicyclic) bond motifs is 1. The fourth-order valence-corrected chi connectivity index (χ4v) is 5.83. The number of nitrogens with one attached hydrogen (secondary N) is 1. The molecular formula is C27H32N2O5S. The number of rotatable bonds is 9. The van der Waals surface area contributed by atoms with Gasteiger partial charge < -0.3 is 14.8 Å². The molecule has 0 unspecified atom stereocenters. The molecule has 0 radical (unpaired) electrons. The van der Waals surface area contributed by atoms with Crippen LogP contribution in [-0.2, 0) is 21.4 Å². The third-order valence-corrected chi connectivity index (χ3v) is 8.23. The average Bonchev–Trinajstić information content (AvgIpc) is 2.90. The van der Waals surface area contributed by atoms with Crippen LogP contribution in [0.25, 0.3) is 10.8 Å². The van der Waals surface area contributed by atoms with Crippen LogP contribution < -0.4 is 14.8 Å². The second-order valence-electron chi connectivity index (χ2n) is 8.74. The molecule has 1 saturated heterocycles. The molecule has 1 amide bonds. The van der Waals surface area contributed by atoms with E-state index in [-0.39, 0.29) is 11.8 Å². The zero-order chi connectivity index (χ0) is 24.8. The molecule has 0 spiro atoms. The van der Waals surface area contributed by atoms with Crippen LogP contribution >= 0.6 is 0 Å². The molecule has 1 aliphatic rings. The summed E-state index contributed by atoms with van der Waals surface area (Å²) in [5, 5.41) is 4.88. The molecule has 0 saturated carbocycles. The van der Waals surface area contributed by atoms with Crippen molar-refractivity contribution in [3.8, 4) is 11.5 Å². The molecule has 0 aromatic heterocycles. The van der Waals surface area contributed by atoms with E-state index in [4.69, 9.17) is 9.47 Å². The van der Waals surface area contributed by atoms with Crippen LogP contribution in [0.15, 0.2) is 65.6 Å². The summed E-state index contributed by atoms with van der Waals surface area (Å²) in [5.41, 5.74) is 0.912. The number of sulfonamides is 1. The van der Waals surface area contributed by atoms with Crippen molar-refractivity contribution in [3.63, 3.8) is 0 Å². The van der Waals surface area contributed by atoms with Crippen LogP contribution in [0.4, 0.5) is 0 Å². The maximum absolute atomic E-state index is 13.2. The molecule has 8 heteroatoms. The number of carbonyl (C=O) groups excluding carboxylic acids is 1. The van der Waals surface area contributed by atoms with E-state index in [1.807, 2.05) is 55.5 Å². The van der Waals surface area contributed by atoms with Crippen molar-refractivity contribution >= 4 is 26.7 Å². The van der Waals surface area contributed by atoms with Crippen molar-refractivity contribution in [3.05, 3.63) is 66.2 Å². The van der Waals surface area contributed by atoms with E-state index in [9.17, 15) is 13.2 Å². The molecule has 3 aromatic carbocycles. The summed E-state index contributed by atoms with van der Waals surface area (Å²) in [5.74, 6) is 1.05. The Morgan fingerprint density at radius 1 is 1.00 bits per heavy atom. The van der Waals surface area contributed by atoms with Crippen LogP contribution in [-0.4, -0.2) is 45.4 Å². The summed E-state index contributed by atoms with van der Waals surface area (Å²) in [4.78, 5) is 13.1. The SMILES string of the molecule is CCCOc1ccc(CNC(=O)C2CCN(S(=O)(=O)c3ccc4ccccc4c3)CC2)cc1OC. The number of amides is 1. The monoisotopic (exact) mass is 496 g/mol. The van der Waals surface area contributed by atoms with Gasteiger partial charge in [0.15, 0.2) is 11.5 Å². The van der Waals surface area contributed by atoms with Gasteiger partial charge in [-0.25, -0.2) is 8.42 Å². The molecule has 1 N–H and O–H groups in total. The van der Waals surface area contributed by atoms with Gasteiger partial charge >= 0.3 is 0 Å². The first-order chi connectivity index (χ1) is 16.9. The lowest BCUT2D eigenvalue weighted by Crippen LogP contribution is -2.42. The highest BCUT2D eigenvalue weighted by atomic mass is 32.2. The van der Waals surface area contributed by atoms with Gasteiger partial charge in [0.2, 0.25) is 15.9 Å². The lowest BCUT2D eigenvalue weighted by atomic mass is 9.97. The maximum Gasteiger partial charge on any atom is 0.243 e. The number of ether oxygens (including phenoxy) is 2. The molecule has 3 aromatic rings. The molecule has 0 bridgehead atoms. The number of methoxy groups -OCH3 is 1. The molecule has 186 valence electrons. The van der Waals surface area contributed by atoms with Crippen molar-refractivity contribution in [2.45, 2.75) is 37.6 Å². The molecule has 1 heterocycles. The van der Waals surface area contributed by atoms with Gasteiger partial charge in [-0.2, -0.15) is 4.31 Å². The van der Waals surface area contributed by atoms with Gasteiger partial charge in [0.05, 0.1) is 18.6 Å². The Morgan fingerprint density at radius 2 is 1.74 bits per heavy atom. The highest BCUT2D eigenvalue weighted by Gasteiger charge is 2.32. The topological polar surface area (TPSA) is 84.9 Å². The molecule has 1 fully saturated rings. The normalized spacial score (nSPS) is 15.1. The van der Waals surface area contributed by atoms with Crippen LogP contribution in [0.5, 0.6) is 11.5 Å². The fourth-order valence-electron chi connectivity index (χ4n) is 4.32. The molecule has 0 atom stereocenters. The smallest absolute Gasteiger partial charge is 0.243 e. The van der Waals surface area contributed by atoms with Crippen LogP contribution in [0.3, 0.4) is 0 Å². The van der Waals surface area contributed by atoms with Gasteiger partial charge in [-0.1, -0.05) is 43.3 Å². The van der Waals surface area contributed by atoms with Crippen molar-refractivity contribution in [2.75, 3.05) is 26.8 Å². The Bertz CT molecular complexity index is 1280. The number of hydrogen-bond donors (Lipinski definition) is 1. The number of nitrogens with zero attached hydrogens (tertiary/aromatic N) is 1.